The third-order valence-electron chi connectivity index (χ3n) is 2.91. The van der Waals surface area contributed by atoms with Gasteiger partial charge in [-0.25, -0.2) is 8.78 Å². The van der Waals surface area contributed by atoms with E-state index < -0.39 is 11.6 Å². The van der Waals surface area contributed by atoms with Gasteiger partial charge in [-0.2, -0.15) is 0 Å². The number of halogens is 3. The molecule has 2 rings (SSSR count). The van der Waals surface area contributed by atoms with Crippen LogP contribution >= 0.6 is 11.6 Å². The van der Waals surface area contributed by atoms with E-state index in [0.29, 0.717) is 35.7 Å². The highest BCUT2D eigenvalue weighted by Crippen LogP contribution is 2.24. The van der Waals surface area contributed by atoms with Gasteiger partial charge in [-0.3, -0.25) is 0 Å². The highest BCUT2D eigenvalue weighted by Gasteiger charge is 2.05. The summed E-state index contributed by atoms with van der Waals surface area (Å²) < 4.78 is 26.0. The van der Waals surface area contributed by atoms with E-state index in [-0.39, 0.29) is 5.75 Å². The van der Waals surface area contributed by atoms with Crippen molar-refractivity contribution in [2.45, 2.75) is 13.0 Å². The molecular formula is C15H14ClF2NO. The average molecular weight is 298 g/mol. The minimum atomic E-state index is -0.580. The van der Waals surface area contributed by atoms with Crippen molar-refractivity contribution in [2.75, 3.05) is 6.54 Å². The fourth-order valence-corrected chi connectivity index (χ4v) is 2.16. The number of hydrogen-bond donors (Lipinski definition) is 2. The van der Waals surface area contributed by atoms with Gasteiger partial charge in [0.2, 0.25) is 0 Å². The monoisotopic (exact) mass is 297 g/mol. The van der Waals surface area contributed by atoms with Gasteiger partial charge in [-0.1, -0.05) is 17.7 Å². The van der Waals surface area contributed by atoms with Crippen LogP contribution in [0.4, 0.5) is 8.78 Å². The third-order valence-corrected chi connectivity index (χ3v) is 3.26. The van der Waals surface area contributed by atoms with Gasteiger partial charge in [-0.15, -0.1) is 0 Å². The van der Waals surface area contributed by atoms with Crippen molar-refractivity contribution in [1.29, 1.82) is 0 Å². The zero-order chi connectivity index (χ0) is 14.5. The van der Waals surface area contributed by atoms with E-state index in [4.69, 9.17) is 11.6 Å². The second kappa shape index (κ2) is 6.68. The molecule has 0 saturated carbocycles. The van der Waals surface area contributed by atoms with Crippen molar-refractivity contribution >= 4 is 11.6 Å². The molecule has 5 heteroatoms. The molecule has 0 atom stereocenters. The quantitative estimate of drug-likeness (QED) is 0.826. The molecule has 0 aromatic heterocycles. The third kappa shape index (κ3) is 3.92. The van der Waals surface area contributed by atoms with Crippen LogP contribution in [0.1, 0.15) is 11.1 Å². The zero-order valence-corrected chi connectivity index (χ0v) is 11.4. The summed E-state index contributed by atoms with van der Waals surface area (Å²) in [5.74, 6) is -1.03. The summed E-state index contributed by atoms with van der Waals surface area (Å²) in [5.41, 5.74) is 1.19. The Labute approximate surface area is 121 Å². The summed E-state index contributed by atoms with van der Waals surface area (Å²) >= 11 is 5.97. The molecule has 0 unspecified atom stereocenters. The number of phenolic OH excluding ortho intramolecular Hbond substituents is 1. The van der Waals surface area contributed by atoms with Crippen molar-refractivity contribution in [3.8, 4) is 5.75 Å². The van der Waals surface area contributed by atoms with Gasteiger partial charge in [0.05, 0.1) is 0 Å². The maximum Gasteiger partial charge on any atom is 0.126 e. The Morgan fingerprint density at radius 1 is 1.10 bits per heavy atom. The molecule has 0 radical (unpaired) electrons. The lowest BCUT2D eigenvalue weighted by Gasteiger charge is -2.09. The first-order valence-electron chi connectivity index (χ1n) is 6.18. The van der Waals surface area contributed by atoms with Crippen molar-refractivity contribution < 1.29 is 13.9 Å². The lowest BCUT2D eigenvalue weighted by molar-refractivity contribution is 0.464. The number of phenols is 1. The SMILES string of the molecule is Oc1cccc(Cl)c1CNCCc1cc(F)cc(F)c1. The molecule has 0 heterocycles. The molecule has 0 bridgehead atoms. The molecule has 2 aromatic carbocycles. The summed E-state index contributed by atoms with van der Waals surface area (Å²) in [5, 5.41) is 13.2. The maximum atomic E-state index is 13.0. The van der Waals surface area contributed by atoms with Crippen molar-refractivity contribution in [3.63, 3.8) is 0 Å². The smallest absolute Gasteiger partial charge is 0.126 e. The van der Waals surface area contributed by atoms with Gasteiger partial charge >= 0.3 is 0 Å². The normalized spacial score (nSPS) is 10.8. The minimum absolute atomic E-state index is 0.127. The first-order valence-corrected chi connectivity index (χ1v) is 6.56. The highest BCUT2D eigenvalue weighted by molar-refractivity contribution is 6.31. The highest BCUT2D eigenvalue weighted by atomic mass is 35.5. The number of hydrogen-bond acceptors (Lipinski definition) is 2. The van der Waals surface area contributed by atoms with Crippen LogP contribution in [0, 0.1) is 11.6 Å². The Morgan fingerprint density at radius 2 is 1.80 bits per heavy atom. The molecule has 0 aliphatic heterocycles. The molecule has 0 spiro atoms. The molecule has 2 N–H and O–H groups in total. The van der Waals surface area contributed by atoms with E-state index in [2.05, 4.69) is 5.32 Å². The average Bonchev–Trinajstić information content (AvgIpc) is 2.36. The molecule has 0 saturated heterocycles. The Morgan fingerprint density at radius 3 is 2.45 bits per heavy atom. The van der Waals surface area contributed by atoms with Crippen LogP contribution < -0.4 is 5.32 Å². The minimum Gasteiger partial charge on any atom is -0.508 e. The topological polar surface area (TPSA) is 32.3 Å². The summed E-state index contributed by atoms with van der Waals surface area (Å²) in [4.78, 5) is 0. The van der Waals surface area contributed by atoms with E-state index in [1.807, 2.05) is 0 Å². The number of benzene rings is 2. The van der Waals surface area contributed by atoms with Crippen molar-refractivity contribution in [2.24, 2.45) is 0 Å². The lowest BCUT2D eigenvalue weighted by atomic mass is 10.1. The fraction of sp³-hybridized carbons (Fsp3) is 0.200. The van der Waals surface area contributed by atoms with E-state index >= 15 is 0 Å². The first-order chi connectivity index (χ1) is 9.56. The largest absolute Gasteiger partial charge is 0.508 e. The molecule has 0 amide bonds. The van der Waals surface area contributed by atoms with Gasteiger partial charge in [0.1, 0.15) is 17.4 Å². The van der Waals surface area contributed by atoms with Crippen LogP contribution in [0.3, 0.4) is 0 Å². The maximum absolute atomic E-state index is 13.0. The van der Waals surface area contributed by atoms with Crippen molar-refractivity contribution in [3.05, 3.63) is 64.2 Å². The first kappa shape index (κ1) is 14.8. The molecule has 0 aliphatic carbocycles. The van der Waals surface area contributed by atoms with E-state index in [1.165, 1.54) is 12.1 Å². The van der Waals surface area contributed by atoms with Crippen LogP contribution in [0.5, 0.6) is 5.75 Å². The Balaban J connectivity index is 1.88. The molecule has 2 aromatic rings. The molecule has 20 heavy (non-hydrogen) atoms. The summed E-state index contributed by atoms with van der Waals surface area (Å²) in [6.45, 7) is 0.914. The van der Waals surface area contributed by atoms with Gasteiger partial charge in [0.15, 0.2) is 0 Å². The van der Waals surface area contributed by atoms with Crippen LogP contribution in [0.25, 0.3) is 0 Å². The predicted molar refractivity (Wildman–Crippen MR) is 74.9 cm³/mol. The Hall–Kier alpha value is -1.65. The predicted octanol–water partition coefficient (Wildman–Crippen LogP) is 3.66. The molecule has 0 aliphatic rings. The van der Waals surface area contributed by atoms with Crippen LogP contribution in [-0.2, 0) is 13.0 Å². The summed E-state index contributed by atoms with van der Waals surface area (Å²) in [6, 6.07) is 8.37. The fourth-order valence-electron chi connectivity index (χ4n) is 1.92. The van der Waals surface area contributed by atoms with Gasteiger partial charge in [-0.05, 0) is 42.8 Å². The molecule has 106 valence electrons. The lowest BCUT2D eigenvalue weighted by Crippen LogP contribution is -2.17. The second-order valence-electron chi connectivity index (χ2n) is 4.44. The standard InChI is InChI=1S/C15H14ClF2NO/c16-14-2-1-3-15(20)13(14)9-19-5-4-10-6-11(17)8-12(18)7-10/h1-3,6-8,19-20H,4-5,9H2. The van der Waals surface area contributed by atoms with Crippen LogP contribution in [0.15, 0.2) is 36.4 Å². The zero-order valence-electron chi connectivity index (χ0n) is 10.7. The number of nitrogens with one attached hydrogen (secondary N) is 1. The second-order valence-corrected chi connectivity index (χ2v) is 4.85. The molecule has 0 fully saturated rings. The van der Waals surface area contributed by atoms with E-state index in [0.717, 1.165) is 6.07 Å². The number of aromatic hydroxyl groups is 1. The molecule has 2 nitrogen and oxygen atoms in total. The van der Waals surface area contributed by atoms with Gasteiger partial charge < -0.3 is 10.4 Å². The summed E-state index contributed by atoms with van der Waals surface area (Å²) in [7, 11) is 0. The Bertz CT molecular complexity index is 564. The van der Waals surface area contributed by atoms with Gasteiger partial charge in [0.25, 0.3) is 0 Å². The number of rotatable bonds is 5. The summed E-state index contributed by atoms with van der Waals surface area (Å²) in [6.07, 6.45) is 0.486. The Kier molecular flexibility index (Phi) is 4.93. The van der Waals surface area contributed by atoms with Crippen LogP contribution in [-0.4, -0.2) is 11.7 Å². The van der Waals surface area contributed by atoms with E-state index in [1.54, 1.807) is 18.2 Å². The van der Waals surface area contributed by atoms with E-state index in [9.17, 15) is 13.9 Å². The van der Waals surface area contributed by atoms with Gasteiger partial charge in [0, 0.05) is 23.2 Å². The van der Waals surface area contributed by atoms with Crippen molar-refractivity contribution in [1.82, 2.24) is 5.32 Å². The van der Waals surface area contributed by atoms with Crippen LogP contribution in [0.2, 0.25) is 5.02 Å². The molecular weight excluding hydrogens is 284 g/mol.